The number of rotatable bonds is 5. The van der Waals surface area contributed by atoms with Gasteiger partial charge in [-0.2, -0.15) is 0 Å². The molecule has 6 heteroatoms. The predicted molar refractivity (Wildman–Crippen MR) is 114 cm³/mol. The van der Waals surface area contributed by atoms with Crippen molar-refractivity contribution in [1.82, 2.24) is 14.9 Å². The lowest BCUT2D eigenvalue weighted by Gasteiger charge is -2.35. The summed E-state index contributed by atoms with van der Waals surface area (Å²) in [5.74, 6) is 1.18. The van der Waals surface area contributed by atoms with Crippen LogP contribution in [0.2, 0.25) is 0 Å². The van der Waals surface area contributed by atoms with Crippen LogP contribution < -0.4 is 10.9 Å². The predicted octanol–water partition coefficient (Wildman–Crippen LogP) is 4.15. The number of thioether (sulfide) groups is 1. The van der Waals surface area contributed by atoms with Crippen molar-refractivity contribution in [3.05, 3.63) is 34.6 Å². The first kappa shape index (κ1) is 19.5. The molecule has 2 fully saturated rings. The van der Waals surface area contributed by atoms with E-state index in [1.165, 1.54) is 24.6 Å². The number of hydrogen-bond donors (Lipinski definition) is 1. The first-order valence-electron chi connectivity index (χ1n) is 10.4. The summed E-state index contributed by atoms with van der Waals surface area (Å²) in [5, 5.41) is 4.29. The van der Waals surface area contributed by atoms with Crippen LogP contribution in [0.15, 0.2) is 34.2 Å². The number of carbonyl (C=O) groups is 1. The summed E-state index contributed by atoms with van der Waals surface area (Å²) in [5.41, 5.74) is 0.715. The van der Waals surface area contributed by atoms with Crippen LogP contribution in [-0.4, -0.2) is 26.8 Å². The molecule has 0 saturated heterocycles. The molecule has 1 aromatic carbocycles. The minimum Gasteiger partial charge on any atom is -0.352 e. The Bertz CT molecular complexity index is 937. The van der Waals surface area contributed by atoms with Crippen LogP contribution in [-0.2, 0) is 4.79 Å². The van der Waals surface area contributed by atoms with Crippen LogP contribution in [0, 0.1) is 11.8 Å². The number of benzene rings is 1. The van der Waals surface area contributed by atoms with E-state index in [1.807, 2.05) is 35.8 Å². The molecule has 1 N–H and O–H groups in total. The Balaban J connectivity index is 1.55. The van der Waals surface area contributed by atoms with Crippen molar-refractivity contribution in [2.75, 3.05) is 0 Å². The zero-order valence-electron chi connectivity index (χ0n) is 16.9. The molecule has 0 unspecified atom stereocenters. The standard InChI is InChI=1S/C22H29N3O2S/c1-13-7-6-10-18(14(13)2)23-20(26)15(3)28-22-24-19-9-5-4-8-17(19)21(27)25(22)16-11-12-16/h4-5,8-9,13-16,18H,6-7,10-12H2,1-3H3,(H,23,26)/t13-,14+,15+,18+/m0/s1. The van der Waals surface area contributed by atoms with Gasteiger partial charge in [0, 0.05) is 12.1 Å². The minimum absolute atomic E-state index is 0.0120. The second kappa shape index (κ2) is 7.90. The lowest BCUT2D eigenvalue weighted by molar-refractivity contribution is -0.121. The number of nitrogens with zero attached hydrogens (tertiary/aromatic N) is 2. The molecule has 1 heterocycles. The molecule has 0 bridgehead atoms. The zero-order valence-corrected chi connectivity index (χ0v) is 17.7. The van der Waals surface area contributed by atoms with Gasteiger partial charge in [0.15, 0.2) is 5.16 Å². The maximum atomic E-state index is 13.0. The molecule has 28 heavy (non-hydrogen) atoms. The summed E-state index contributed by atoms with van der Waals surface area (Å²) in [6.07, 6.45) is 5.48. The SMILES string of the molecule is C[C@@H]1[C@@H](C)CCC[C@H]1NC(=O)[C@@H](C)Sc1nc2ccccc2c(=O)n1C1CC1. The number of fused-ring (bicyclic) bond motifs is 1. The number of amides is 1. The Morgan fingerprint density at radius 2 is 1.96 bits per heavy atom. The van der Waals surface area contributed by atoms with Gasteiger partial charge in [0.05, 0.1) is 16.2 Å². The molecule has 4 rings (SSSR count). The molecule has 150 valence electrons. The van der Waals surface area contributed by atoms with E-state index in [1.54, 1.807) is 0 Å². The Morgan fingerprint density at radius 1 is 1.21 bits per heavy atom. The number of para-hydroxylation sites is 1. The zero-order chi connectivity index (χ0) is 19.8. The van der Waals surface area contributed by atoms with Gasteiger partial charge >= 0.3 is 0 Å². The van der Waals surface area contributed by atoms with E-state index in [-0.39, 0.29) is 28.8 Å². The third kappa shape index (κ3) is 3.84. The van der Waals surface area contributed by atoms with Gasteiger partial charge in [-0.25, -0.2) is 4.98 Å². The van der Waals surface area contributed by atoms with E-state index >= 15 is 0 Å². The normalized spacial score (nSPS) is 26.2. The molecule has 2 aromatic rings. The molecule has 0 spiro atoms. The maximum Gasteiger partial charge on any atom is 0.262 e. The monoisotopic (exact) mass is 399 g/mol. The molecule has 4 atom stereocenters. The van der Waals surface area contributed by atoms with Gasteiger partial charge in [-0.3, -0.25) is 14.2 Å². The summed E-state index contributed by atoms with van der Waals surface area (Å²) in [6, 6.07) is 7.94. The fourth-order valence-electron chi connectivity index (χ4n) is 4.16. The van der Waals surface area contributed by atoms with Gasteiger partial charge in [-0.05, 0) is 50.2 Å². The van der Waals surface area contributed by atoms with E-state index in [4.69, 9.17) is 4.98 Å². The molecule has 5 nitrogen and oxygen atoms in total. The van der Waals surface area contributed by atoms with Crippen LogP contribution in [0.25, 0.3) is 10.9 Å². The summed E-state index contributed by atoms with van der Waals surface area (Å²) in [6.45, 7) is 6.42. The van der Waals surface area contributed by atoms with E-state index in [0.717, 1.165) is 19.3 Å². The van der Waals surface area contributed by atoms with E-state index in [9.17, 15) is 9.59 Å². The largest absolute Gasteiger partial charge is 0.352 e. The number of carbonyl (C=O) groups excluding carboxylic acids is 1. The third-order valence-corrected chi connectivity index (χ3v) is 7.44. The van der Waals surface area contributed by atoms with Crippen LogP contribution in [0.4, 0.5) is 0 Å². The van der Waals surface area contributed by atoms with Gasteiger partial charge in [0.1, 0.15) is 0 Å². The van der Waals surface area contributed by atoms with Crippen LogP contribution in [0.5, 0.6) is 0 Å². The number of aromatic nitrogens is 2. The average molecular weight is 400 g/mol. The Labute approximate surface area is 170 Å². The average Bonchev–Trinajstić information content (AvgIpc) is 3.50. The quantitative estimate of drug-likeness (QED) is 0.606. The lowest BCUT2D eigenvalue weighted by Crippen LogP contribution is -2.46. The molecule has 1 amide bonds. The van der Waals surface area contributed by atoms with Crippen molar-refractivity contribution in [3.8, 4) is 0 Å². The second-order valence-corrected chi connectivity index (χ2v) is 9.77. The summed E-state index contributed by atoms with van der Waals surface area (Å²) in [7, 11) is 0. The van der Waals surface area contributed by atoms with E-state index in [2.05, 4.69) is 19.2 Å². The summed E-state index contributed by atoms with van der Waals surface area (Å²) >= 11 is 1.41. The Kier molecular flexibility index (Phi) is 5.50. The van der Waals surface area contributed by atoms with Crippen LogP contribution >= 0.6 is 11.8 Å². The molecule has 2 aliphatic rings. The van der Waals surface area contributed by atoms with E-state index < -0.39 is 0 Å². The van der Waals surface area contributed by atoms with Crippen molar-refractivity contribution >= 4 is 28.6 Å². The highest BCUT2D eigenvalue weighted by Gasteiger charge is 2.32. The fourth-order valence-corrected chi connectivity index (χ4v) is 5.15. The third-order valence-electron chi connectivity index (χ3n) is 6.37. The van der Waals surface area contributed by atoms with Crippen LogP contribution in [0.3, 0.4) is 0 Å². The molecule has 0 radical (unpaired) electrons. The van der Waals surface area contributed by atoms with Crippen molar-refractivity contribution < 1.29 is 4.79 Å². The molecule has 1 aromatic heterocycles. The molecular formula is C22H29N3O2S. The van der Waals surface area contributed by atoms with Crippen LogP contribution in [0.1, 0.15) is 58.9 Å². The highest BCUT2D eigenvalue weighted by atomic mass is 32.2. The Hall–Kier alpha value is -1.82. The van der Waals surface area contributed by atoms with Crippen molar-refractivity contribution in [2.24, 2.45) is 11.8 Å². The number of hydrogen-bond acceptors (Lipinski definition) is 4. The minimum atomic E-state index is -0.289. The molecule has 2 aliphatic carbocycles. The topological polar surface area (TPSA) is 64.0 Å². The summed E-state index contributed by atoms with van der Waals surface area (Å²) < 4.78 is 1.81. The second-order valence-electron chi connectivity index (χ2n) is 8.46. The number of nitrogens with one attached hydrogen (secondary N) is 1. The van der Waals surface area contributed by atoms with Gasteiger partial charge < -0.3 is 5.32 Å². The first-order valence-corrected chi connectivity index (χ1v) is 11.3. The smallest absolute Gasteiger partial charge is 0.262 e. The van der Waals surface area contributed by atoms with Gasteiger partial charge in [0.2, 0.25) is 5.91 Å². The molecule has 2 saturated carbocycles. The highest BCUT2D eigenvalue weighted by molar-refractivity contribution is 8.00. The highest BCUT2D eigenvalue weighted by Crippen LogP contribution is 2.38. The Morgan fingerprint density at radius 3 is 2.71 bits per heavy atom. The van der Waals surface area contributed by atoms with Gasteiger partial charge in [0.25, 0.3) is 5.56 Å². The maximum absolute atomic E-state index is 13.0. The first-order chi connectivity index (χ1) is 13.5. The van der Waals surface area contributed by atoms with E-state index in [0.29, 0.717) is 27.9 Å². The molecule has 0 aliphatic heterocycles. The van der Waals surface area contributed by atoms with Crippen molar-refractivity contribution in [1.29, 1.82) is 0 Å². The molecular weight excluding hydrogens is 370 g/mol. The van der Waals surface area contributed by atoms with Gasteiger partial charge in [-0.1, -0.05) is 50.6 Å². The fraction of sp³-hybridized carbons (Fsp3) is 0.591. The lowest BCUT2D eigenvalue weighted by atomic mass is 9.78. The van der Waals surface area contributed by atoms with Crippen molar-refractivity contribution in [2.45, 2.75) is 75.4 Å². The summed E-state index contributed by atoms with van der Waals surface area (Å²) in [4.78, 5) is 30.6. The van der Waals surface area contributed by atoms with Gasteiger partial charge in [-0.15, -0.1) is 0 Å². The van der Waals surface area contributed by atoms with Crippen molar-refractivity contribution in [3.63, 3.8) is 0 Å².